The highest BCUT2D eigenvalue weighted by molar-refractivity contribution is 5.95. The molecule has 1 saturated carbocycles. The minimum absolute atomic E-state index is 0.323. The fraction of sp³-hybridized carbons (Fsp3) is 0.433. The van der Waals surface area contributed by atoms with E-state index in [1.54, 1.807) is 12.4 Å². The van der Waals surface area contributed by atoms with Crippen molar-refractivity contribution in [1.82, 2.24) is 25.7 Å². The number of nitrogens with zero attached hydrogens (tertiary/aromatic N) is 3. The van der Waals surface area contributed by atoms with Crippen molar-refractivity contribution < 1.29 is 9.47 Å². The fourth-order valence-corrected chi connectivity index (χ4v) is 4.74. The maximum absolute atomic E-state index is 6.09. The van der Waals surface area contributed by atoms with Crippen LogP contribution in [0.2, 0.25) is 0 Å². The van der Waals surface area contributed by atoms with E-state index in [1.807, 2.05) is 12.3 Å². The monoisotopic (exact) mass is 514 g/mol. The Hall–Kier alpha value is -3.49. The standard InChI is InChI=1S/C30H38N6O2/c1-21-22(2)30(38-26-6-5-7-26)9-8-23(21)18-31-11-3-4-14-37-15-13-32-28-16-25(24-10-12-33-34-19-24)17-29-27(28)20-35-36-29/h8-10,12,16-17,19-21,26,31-32H,2-7,11,13-15,18H2,1H3,(H,35,36). The smallest absolute Gasteiger partial charge is 0.122 e. The average molecular weight is 515 g/mol. The molecule has 0 bridgehead atoms. The Kier molecular flexibility index (Phi) is 8.83. The molecular formula is C30H38N6O2. The number of aromatic amines is 1. The first-order chi connectivity index (χ1) is 18.7. The predicted molar refractivity (Wildman–Crippen MR) is 152 cm³/mol. The van der Waals surface area contributed by atoms with Gasteiger partial charge in [0.05, 0.1) is 36.8 Å². The van der Waals surface area contributed by atoms with Crippen molar-refractivity contribution in [3.63, 3.8) is 0 Å². The molecule has 38 heavy (non-hydrogen) atoms. The number of H-pyrrole nitrogens is 1. The summed E-state index contributed by atoms with van der Waals surface area (Å²) in [4.78, 5) is 0. The number of fused-ring (bicyclic) bond motifs is 1. The van der Waals surface area contributed by atoms with Gasteiger partial charge in [-0.1, -0.05) is 19.6 Å². The molecule has 3 N–H and O–H groups in total. The third-order valence-corrected chi connectivity index (χ3v) is 7.45. The third kappa shape index (κ3) is 6.49. The van der Waals surface area contributed by atoms with Crippen LogP contribution in [-0.4, -0.2) is 59.3 Å². The molecule has 0 aliphatic heterocycles. The van der Waals surface area contributed by atoms with Gasteiger partial charge >= 0.3 is 0 Å². The summed E-state index contributed by atoms with van der Waals surface area (Å²) < 4.78 is 12.0. The Labute approximate surface area is 224 Å². The van der Waals surface area contributed by atoms with Crippen LogP contribution < -0.4 is 10.6 Å². The van der Waals surface area contributed by atoms with Crippen molar-refractivity contribution >= 4 is 16.6 Å². The van der Waals surface area contributed by atoms with Gasteiger partial charge in [-0.3, -0.25) is 5.10 Å². The van der Waals surface area contributed by atoms with Crippen molar-refractivity contribution in [2.75, 3.05) is 38.2 Å². The van der Waals surface area contributed by atoms with E-state index in [0.29, 0.717) is 18.6 Å². The molecule has 8 nitrogen and oxygen atoms in total. The average Bonchev–Trinajstić information content (AvgIpc) is 3.40. The van der Waals surface area contributed by atoms with Gasteiger partial charge in [0, 0.05) is 42.3 Å². The number of benzene rings is 1. The van der Waals surface area contributed by atoms with Gasteiger partial charge in [-0.2, -0.15) is 15.3 Å². The number of anilines is 1. The van der Waals surface area contributed by atoms with E-state index in [2.05, 4.69) is 68.8 Å². The van der Waals surface area contributed by atoms with Crippen molar-refractivity contribution in [2.24, 2.45) is 5.92 Å². The molecule has 1 fully saturated rings. The van der Waals surface area contributed by atoms with E-state index in [9.17, 15) is 0 Å². The molecule has 1 unspecified atom stereocenters. The Balaban J connectivity index is 0.971. The Morgan fingerprint density at radius 1 is 1.05 bits per heavy atom. The van der Waals surface area contributed by atoms with Crippen LogP contribution in [-0.2, 0) is 9.47 Å². The van der Waals surface area contributed by atoms with Crippen molar-refractivity contribution in [1.29, 1.82) is 0 Å². The second kappa shape index (κ2) is 12.8. The molecule has 0 amide bonds. The van der Waals surface area contributed by atoms with Crippen molar-refractivity contribution in [3.8, 4) is 11.1 Å². The summed E-state index contributed by atoms with van der Waals surface area (Å²) in [7, 11) is 0. The topological polar surface area (TPSA) is 97.0 Å². The van der Waals surface area contributed by atoms with Gasteiger partial charge in [0.15, 0.2) is 0 Å². The quantitative estimate of drug-likeness (QED) is 0.248. The van der Waals surface area contributed by atoms with Gasteiger partial charge in [0.2, 0.25) is 0 Å². The lowest BCUT2D eigenvalue weighted by Crippen LogP contribution is -2.26. The van der Waals surface area contributed by atoms with Gasteiger partial charge in [0.25, 0.3) is 0 Å². The molecule has 3 aromatic rings. The maximum Gasteiger partial charge on any atom is 0.122 e. The SMILES string of the molecule is C=C1C(OC2CCC2)=CC=C(CNCCCCOCCNc2cc(-c3ccnnc3)cc3[nH]ncc23)C1C. The van der Waals surface area contributed by atoms with Crippen LogP contribution in [0, 0.1) is 5.92 Å². The van der Waals surface area contributed by atoms with E-state index in [0.717, 1.165) is 78.1 Å². The summed E-state index contributed by atoms with van der Waals surface area (Å²) in [6.45, 7) is 10.5. The molecule has 2 aliphatic carbocycles. The fourth-order valence-electron chi connectivity index (χ4n) is 4.74. The number of ether oxygens (including phenoxy) is 2. The van der Waals surface area contributed by atoms with Crippen molar-refractivity contribution in [2.45, 2.75) is 45.1 Å². The van der Waals surface area contributed by atoms with E-state index in [-0.39, 0.29) is 0 Å². The molecule has 0 saturated heterocycles. The van der Waals surface area contributed by atoms with Gasteiger partial charge in [-0.15, -0.1) is 0 Å². The highest BCUT2D eigenvalue weighted by Crippen LogP contribution is 2.34. The molecule has 2 heterocycles. The largest absolute Gasteiger partial charge is 0.490 e. The lowest BCUT2D eigenvalue weighted by Gasteiger charge is -2.31. The molecule has 2 aliphatic rings. The lowest BCUT2D eigenvalue weighted by atomic mass is 9.87. The van der Waals surface area contributed by atoms with Crippen molar-refractivity contribution in [3.05, 3.63) is 72.4 Å². The molecule has 1 atom stereocenters. The number of aromatic nitrogens is 4. The Bertz CT molecular complexity index is 1280. The number of allylic oxidation sites excluding steroid dienone is 3. The highest BCUT2D eigenvalue weighted by Gasteiger charge is 2.25. The minimum atomic E-state index is 0.323. The summed E-state index contributed by atoms with van der Waals surface area (Å²) in [6.07, 6.45) is 15.8. The van der Waals surface area contributed by atoms with Crippen LogP contribution in [0.4, 0.5) is 5.69 Å². The van der Waals surface area contributed by atoms with E-state index in [4.69, 9.17) is 9.47 Å². The number of hydrogen-bond acceptors (Lipinski definition) is 7. The van der Waals surface area contributed by atoms with Gasteiger partial charge in [-0.05, 0) is 79.6 Å². The lowest BCUT2D eigenvalue weighted by molar-refractivity contribution is 0.0550. The first-order valence-corrected chi connectivity index (χ1v) is 13.7. The molecule has 8 heteroatoms. The molecular weight excluding hydrogens is 476 g/mol. The van der Waals surface area contributed by atoms with Crippen LogP contribution in [0.5, 0.6) is 0 Å². The molecule has 0 radical (unpaired) electrons. The van der Waals surface area contributed by atoms with E-state index >= 15 is 0 Å². The second-order valence-electron chi connectivity index (χ2n) is 10.1. The van der Waals surface area contributed by atoms with E-state index < -0.39 is 0 Å². The number of unbranched alkanes of at least 4 members (excludes halogenated alkanes) is 1. The zero-order valence-electron chi connectivity index (χ0n) is 22.2. The van der Waals surface area contributed by atoms with Crippen LogP contribution >= 0.6 is 0 Å². The molecule has 200 valence electrons. The summed E-state index contributed by atoms with van der Waals surface area (Å²) in [6, 6.07) is 6.15. The molecule has 2 aromatic heterocycles. The maximum atomic E-state index is 6.09. The predicted octanol–water partition coefficient (Wildman–Crippen LogP) is 5.40. The second-order valence-corrected chi connectivity index (χ2v) is 10.1. The molecule has 0 spiro atoms. The zero-order valence-corrected chi connectivity index (χ0v) is 22.2. The first kappa shape index (κ1) is 26.1. The summed E-state index contributed by atoms with van der Waals surface area (Å²) >= 11 is 0. The van der Waals surface area contributed by atoms with Crippen LogP contribution in [0.1, 0.15) is 39.0 Å². The number of hydrogen-bond donors (Lipinski definition) is 3. The summed E-state index contributed by atoms with van der Waals surface area (Å²) in [5.74, 6) is 1.30. The van der Waals surface area contributed by atoms with Gasteiger partial charge in [-0.25, -0.2) is 0 Å². The summed E-state index contributed by atoms with van der Waals surface area (Å²) in [5.41, 5.74) is 6.57. The first-order valence-electron chi connectivity index (χ1n) is 13.7. The normalized spacial score (nSPS) is 17.7. The number of rotatable bonds is 14. The van der Waals surface area contributed by atoms with Crippen LogP contribution in [0.25, 0.3) is 22.0 Å². The summed E-state index contributed by atoms with van der Waals surface area (Å²) in [5, 5.41) is 23.3. The van der Waals surface area contributed by atoms with Crippen LogP contribution in [0.3, 0.4) is 0 Å². The minimum Gasteiger partial charge on any atom is -0.490 e. The Morgan fingerprint density at radius 2 is 1.97 bits per heavy atom. The van der Waals surface area contributed by atoms with E-state index in [1.165, 1.54) is 24.8 Å². The Morgan fingerprint density at radius 3 is 2.79 bits per heavy atom. The highest BCUT2D eigenvalue weighted by atomic mass is 16.5. The molecule has 1 aromatic carbocycles. The van der Waals surface area contributed by atoms with Crippen LogP contribution in [0.15, 0.2) is 72.4 Å². The van der Waals surface area contributed by atoms with Gasteiger partial charge in [0.1, 0.15) is 5.76 Å². The number of nitrogens with one attached hydrogen (secondary N) is 3. The third-order valence-electron chi connectivity index (χ3n) is 7.45. The zero-order chi connectivity index (χ0) is 26.2. The van der Waals surface area contributed by atoms with Gasteiger partial charge < -0.3 is 20.1 Å². The molecule has 5 rings (SSSR count).